The van der Waals surface area contributed by atoms with Crippen molar-refractivity contribution in [3.63, 3.8) is 0 Å². The lowest BCUT2D eigenvalue weighted by Gasteiger charge is -2.27. The van der Waals surface area contributed by atoms with Crippen molar-refractivity contribution in [1.29, 1.82) is 0 Å². The highest BCUT2D eigenvalue weighted by Crippen LogP contribution is 2.17. The van der Waals surface area contributed by atoms with Gasteiger partial charge >= 0.3 is 0 Å². The van der Waals surface area contributed by atoms with Crippen molar-refractivity contribution < 1.29 is 4.79 Å². The first-order valence-electron chi connectivity index (χ1n) is 3.54. The van der Waals surface area contributed by atoms with Crippen LogP contribution in [0.3, 0.4) is 0 Å². The minimum atomic E-state index is -0.530. The Hall–Kier alpha value is -0.610. The van der Waals surface area contributed by atoms with Crippen LogP contribution in [0.4, 0.5) is 0 Å². The van der Waals surface area contributed by atoms with E-state index in [4.69, 9.17) is 11.6 Å². The van der Waals surface area contributed by atoms with Crippen molar-refractivity contribution in [3.05, 3.63) is 0 Å². The Kier molecular flexibility index (Phi) is 3.02. The number of likely N-dealkylation sites (N-methyl/N-ethyl adjacent to an activating group) is 1. The van der Waals surface area contributed by atoms with Crippen LogP contribution in [-0.2, 0) is 4.79 Å². The summed E-state index contributed by atoms with van der Waals surface area (Å²) in [5.41, 5.74) is 5.39. The zero-order chi connectivity index (χ0) is 9.23. The van der Waals surface area contributed by atoms with Gasteiger partial charge in [-0.2, -0.15) is 0 Å². The summed E-state index contributed by atoms with van der Waals surface area (Å²) in [6.07, 6.45) is 0. The molecule has 0 heterocycles. The van der Waals surface area contributed by atoms with Crippen LogP contribution >= 0.6 is 0 Å². The van der Waals surface area contributed by atoms with Crippen LogP contribution in [0.15, 0.2) is 0 Å². The average molecular weight is 159 g/mol. The summed E-state index contributed by atoms with van der Waals surface area (Å²) in [4.78, 5) is 11.2. The van der Waals surface area contributed by atoms with Gasteiger partial charge in [-0.1, -0.05) is 20.8 Å². The number of carbonyl (C=O) groups is 1. The van der Waals surface area contributed by atoms with Crippen molar-refractivity contribution in [2.24, 2.45) is 17.0 Å². The molecule has 0 aliphatic carbocycles. The van der Waals surface area contributed by atoms with E-state index in [2.05, 4.69) is 0 Å². The van der Waals surface area contributed by atoms with Gasteiger partial charge in [-0.3, -0.25) is 9.80 Å². The molecule has 0 aromatic carbocycles. The number of amides is 1. The van der Waals surface area contributed by atoms with Crippen molar-refractivity contribution in [2.75, 3.05) is 7.05 Å². The molecule has 11 heavy (non-hydrogen) atoms. The van der Waals surface area contributed by atoms with Gasteiger partial charge in [-0.15, -0.1) is 0 Å². The summed E-state index contributed by atoms with van der Waals surface area (Å²) in [5, 5.41) is 1.02. The second-order valence-electron chi connectivity index (χ2n) is 3.79. The van der Waals surface area contributed by atoms with Gasteiger partial charge in [0, 0.05) is 7.05 Å². The van der Waals surface area contributed by atoms with Gasteiger partial charge < -0.3 is 5.73 Å². The fourth-order valence-corrected chi connectivity index (χ4v) is 0.590. The molecule has 1 unspecified atom stereocenters. The highest BCUT2D eigenvalue weighted by Gasteiger charge is 2.28. The fourth-order valence-electron chi connectivity index (χ4n) is 0.590. The Bertz CT molecular complexity index is 148. The smallest absolute Gasteiger partial charge is 0.253 e. The van der Waals surface area contributed by atoms with Crippen molar-refractivity contribution in [1.82, 2.24) is 5.01 Å². The predicted octanol–water partition coefficient (Wildman–Crippen LogP) is -0.308. The van der Waals surface area contributed by atoms with Crippen LogP contribution in [0.2, 0.25) is 0 Å². The van der Waals surface area contributed by atoms with E-state index in [0.717, 1.165) is 5.01 Å². The van der Waals surface area contributed by atoms with Crippen molar-refractivity contribution in [2.45, 2.75) is 26.8 Å². The van der Waals surface area contributed by atoms with E-state index in [0.29, 0.717) is 0 Å². The SMILES string of the molecule is CN(N)C(=O)C(N)C(C)(C)C. The van der Waals surface area contributed by atoms with Gasteiger partial charge in [0.2, 0.25) is 0 Å². The third-order valence-corrected chi connectivity index (χ3v) is 1.55. The standard InChI is InChI=1S/C7H17N3O/c1-7(2,3)5(8)6(11)10(4)9/h5H,8-9H2,1-4H3. The largest absolute Gasteiger partial charge is 0.319 e. The minimum Gasteiger partial charge on any atom is -0.319 e. The lowest BCUT2D eigenvalue weighted by molar-refractivity contribution is -0.133. The van der Waals surface area contributed by atoms with Crippen LogP contribution in [0.1, 0.15) is 20.8 Å². The maximum Gasteiger partial charge on any atom is 0.253 e. The Morgan fingerprint density at radius 2 is 1.82 bits per heavy atom. The summed E-state index contributed by atoms with van der Waals surface area (Å²) >= 11 is 0. The van der Waals surface area contributed by atoms with Crippen molar-refractivity contribution in [3.8, 4) is 0 Å². The van der Waals surface area contributed by atoms with E-state index < -0.39 is 6.04 Å². The Labute approximate surface area is 67.5 Å². The second kappa shape index (κ2) is 3.19. The quantitative estimate of drug-likeness (QED) is 0.313. The third-order valence-electron chi connectivity index (χ3n) is 1.55. The maximum absolute atomic E-state index is 11.2. The van der Waals surface area contributed by atoms with Crippen LogP contribution in [0.25, 0.3) is 0 Å². The molecule has 0 saturated carbocycles. The van der Waals surface area contributed by atoms with Gasteiger partial charge in [0.25, 0.3) is 5.91 Å². The number of nitrogens with zero attached hydrogens (tertiary/aromatic N) is 1. The van der Waals surface area contributed by atoms with E-state index in [9.17, 15) is 4.79 Å². The lowest BCUT2D eigenvalue weighted by Crippen LogP contribution is -2.51. The van der Waals surface area contributed by atoms with Crippen LogP contribution in [-0.4, -0.2) is 24.0 Å². The van der Waals surface area contributed by atoms with Crippen molar-refractivity contribution >= 4 is 5.91 Å². The number of hydrogen-bond acceptors (Lipinski definition) is 3. The lowest BCUT2D eigenvalue weighted by atomic mass is 9.87. The Balaban J connectivity index is 4.26. The second-order valence-corrected chi connectivity index (χ2v) is 3.79. The Morgan fingerprint density at radius 1 is 1.45 bits per heavy atom. The highest BCUT2D eigenvalue weighted by molar-refractivity contribution is 5.81. The average Bonchev–Trinajstić information content (AvgIpc) is 1.82. The molecule has 0 fully saturated rings. The summed E-state index contributed by atoms with van der Waals surface area (Å²) < 4.78 is 0. The van der Waals surface area contributed by atoms with Crippen LogP contribution in [0, 0.1) is 5.41 Å². The number of hydrazine groups is 1. The molecule has 0 spiro atoms. The first kappa shape index (κ1) is 10.4. The highest BCUT2D eigenvalue weighted by atomic mass is 16.2. The van der Waals surface area contributed by atoms with Gasteiger partial charge in [-0.25, -0.2) is 5.84 Å². The normalized spacial score (nSPS) is 14.4. The summed E-state index contributed by atoms with van der Waals surface area (Å²) in [6, 6.07) is -0.530. The van der Waals surface area contributed by atoms with E-state index in [1.807, 2.05) is 20.8 Å². The number of nitrogens with two attached hydrogens (primary N) is 2. The van der Waals surface area contributed by atoms with Crippen LogP contribution in [0.5, 0.6) is 0 Å². The molecule has 4 N–H and O–H groups in total. The molecule has 0 bridgehead atoms. The first-order chi connectivity index (χ1) is 4.76. The molecule has 0 aliphatic heterocycles. The van der Waals surface area contributed by atoms with Gasteiger partial charge in [-0.05, 0) is 5.41 Å². The third kappa shape index (κ3) is 2.86. The fraction of sp³-hybridized carbons (Fsp3) is 0.857. The molecule has 4 nitrogen and oxygen atoms in total. The molecule has 1 amide bonds. The molecule has 4 heteroatoms. The predicted molar refractivity (Wildman–Crippen MR) is 44.4 cm³/mol. The zero-order valence-electron chi connectivity index (χ0n) is 7.59. The van der Waals surface area contributed by atoms with Crippen LogP contribution < -0.4 is 11.6 Å². The maximum atomic E-state index is 11.2. The molecule has 0 aromatic heterocycles. The molecule has 0 saturated heterocycles. The summed E-state index contributed by atoms with van der Waals surface area (Å²) in [6.45, 7) is 5.71. The molecule has 0 aliphatic rings. The molecule has 1 atom stereocenters. The number of rotatable bonds is 1. The summed E-state index contributed by atoms with van der Waals surface area (Å²) in [7, 11) is 1.49. The van der Waals surface area contributed by atoms with Gasteiger partial charge in [0.1, 0.15) is 0 Å². The van der Waals surface area contributed by atoms with E-state index in [1.54, 1.807) is 0 Å². The zero-order valence-corrected chi connectivity index (χ0v) is 7.59. The minimum absolute atomic E-state index is 0.231. The number of carbonyl (C=O) groups excluding carboxylic acids is 1. The molecule has 66 valence electrons. The topological polar surface area (TPSA) is 72.3 Å². The van der Waals surface area contributed by atoms with Gasteiger partial charge in [0.05, 0.1) is 6.04 Å². The van der Waals surface area contributed by atoms with E-state index in [-0.39, 0.29) is 11.3 Å². The van der Waals surface area contributed by atoms with E-state index in [1.165, 1.54) is 7.05 Å². The molecular formula is C7H17N3O. The Morgan fingerprint density at radius 3 is 1.91 bits per heavy atom. The molecular weight excluding hydrogens is 142 g/mol. The first-order valence-corrected chi connectivity index (χ1v) is 3.54. The summed E-state index contributed by atoms with van der Waals surface area (Å²) in [5.74, 6) is 5.00. The molecule has 0 rings (SSSR count). The van der Waals surface area contributed by atoms with E-state index >= 15 is 0 Å². The van der Waals surface area contributed by atoms with Gasteiger partial charge in [0.15, 0.2) is 0 Å². The molecule has 0 radical (unpaired) electrons. The molecule has 0 aromatic rings. The number of hydrogen-bond donors (Lipinski definition) is 2. The monoisotopic (exact) mass is 159 g/mol.